The molecule has 1 aromatic heterocycles. The Morgan fingerprint density at radius 3 is 2.68 bits per heavy atom. The van der Waals surface area contributed by atoms with Crippen LogP contribution in [0.15, 0.2) is 36.7 Å². The van der Waals surface area contributed by atoms with E-state index in [0.717, 1.165) is 0 Å². The predicted molar refractivity (Wildman–Crippen MR) is 64.0 cm³/mol. The van der Waals surface area contributed by atoms with Crippen LogP contribution in [0, 0.1) is 0 Å². The first-order chi connectivity index (χ1) is 9.13. The van der Waals surface area contributed by atoms with Crippen LogP contribution < -0.4 is 10.1 Å². The van der Waals surface area contributed by atoms with Gasteiger partial charge in [-0.15, -0.1) is 0 Å². The fourth-order valence-corrected chi connectivity index (χ4v) is 1.48. The summed E-state index contributed by atoms with van der Waals surface area (Å²) in [6.45, 7) is -2.85. The van der Waals surface area contributed by atoms with E-state index in [4.69, 9.17) is 0 Å². The van der Waals surface area contributed by atoms with Gasteiger partial charge in [-0.25, -0.2) is 4.98 Å². The molecular formula is C12H11F2N3O2. The standard InChI is InChI=1S/C12H11F2N3O2/c13-11(14)19-9-3-1-8(2-4-9)7-10(18)17-12-15-5-6-16-12/h1-6,11H,7H2,(H2,15,16,17,18). The van der Waals surface area contributed by atoms with Crippen molar-refractivity contribution < 1.29 is 18.3 Å². The summed E-state index contributed by atoms with van der Waals surface area (Å²) in [4.78, 5) is 18.2. The van der Waals surface area contributed by atoms with Crippen molar-refractivity contribution >= 4 is 11.9 Å². The SMILES string of the molecule is O=C(Cc1ccc(OC(F)F)cc1)Nc1ncc[nH]1. The molecule has 2 N–H and O–H groups in total. The zero-order chi connectivity index (χ0) is 13.7. The summed E-state index contributed by atoms with van der Waals surface area (Å²) in [5.74, 6) is 0.172. The van der Waals surface area contributed by atoms with Crippen molar-refractivity contribution in [3.05, 3.63) is 42.2 Å². The van der Waals surface area contributed by atoms with Gasteiger partial charge in [-0.3, -0.25) is 10.1 Å². The minimum absolute atomic E-state index is 0.0604. The van der Waals surface area contributed by atoms with Crippen molar-refractivity contribution in [2.75, 3.05) is 5.32 Å². The Kier molecular flexibility index (Phi) is 4.07. The molecule has 0 atom stereocenters. The van der Waals surface area contributed by atoms with Crippen LogP contribution in [0.4, 0.5) is 14.7 Å². The number of H-pyrrole nitrogens is 1. The fraction of sp³-hybridized carbons (Fsp3) is 0.167. The highest BCUT2D eigenvalue weighted by molar-refractivity contribution is 5.90. The van der Waals surface area contributed by atoms with Gasteiger partial charge in [0.05, 0.1) is 6.42 Å². The maximum atomic E-state index is 11.9. The van der Waals surface area contributed by atoms with Crippen LogP contribution in [0.5, 0.6) is 5.75 Å². The van der Waals surface area contributed by atoms with Crippen molar-refractivity contribution in [1.29, 1.82) is 0 Å². The molecule has 5 nitrogen and oxygen atoms in total. The highest BCUT2D eigenvalue weighted by Gasteiger charge is 2.07. The van der Waals surface area contributed by atoms with Gasteiger partial charge >= 0.3 is 6.61 Å². The minimum atomic E-state index is -2.85. The molecule has 100 valence electrons. The summed E-state index contributed by atoms with van der Waals surface area (Å²) in [7, 11) is 0. The lowest BCUT2D eigenvalue weighted by molar-refractivity contribution is -0.115. The van der Waals surface area contributed by atoms with Crippen LogP contribution in [-0.2, 0) is 11.2 Å². The number of benzene rings is 1. The highest BCUT2D eigenvalue weighted by Crippen LogP contribution is 2.15. The van der Waals surface area contributed by atoms with E-state index in [9.17, 15) is 13.6 Å². The van der Waals surface area contributed by atoms with E-state index in [1.165, 1.54) is 18.3 Å². The molecule has 2 rings (SSSR count). The molecule has 0 saturated heterocycles. The molecule has 0 spiro atoms. The molecule has 1 aromatic carbocycles. The molecule has 0 aliphatic heterocycles. The number of anilines is 1. The number of halogens is 2. The van der Waals surface area contributed by atoms with E-state index in [-0.39, 0.29) is 18.1 Å². The molecule has 0 unspecified atom stereocenters. The molecule has 0 fully saturated rings. The molecule has 0 radical (unpaired) electrons. The van der Waals surface area contributed by atoms with Gasteiger partial charge in [-0.2, -0.15) is 8.78 Å². The number of rotatable bonds is 5. The third-order valence-electron chi connectivity index (χ3n) is 2.27. The maximum Gasteiger partial charge on any atom is 0.387 e. The summed E-state index contributed by atoms with van der Waals surface area (Å²) in [6.07, 6.45) is 3.23. The number of imidazole rings is 1. The average Bonchev–Trinajstić information content (AvgIpc) is 2.83. The van der Waals surface area contributed by atoms with Crippen LogP contribution in [0.3, 0.4) is 0 Å². The molecule has 0 saturated carbocycles. The van der Waals surface area contributed by atoms with Crippen molar-refractivity contribution in [3.63, 3.8) is 0 Å². The number of alkyl halides is 2. The lowest BCUT2D eigenvalue weighted by atomic mass is 10.1. The summed E-state index contributed by atoms with van der Waals surface area (Å²) in [5, 5.41) is 2.56. The number of hydrogen-bond donors (Lipinski definition) is 2. The smallest absolute Gasteiger partial charge is 0.387 e. The number of ether oxygens (including phenoxy) is 1. The first-order valence-corrected chi connectivity index (χ1v) is 5.46. The Labute approximate surface area is 107 Å². The Hall–Kier alpha value is -2.44. The first kappa shape index (κ1) is 13.0. The maximum absolute atomic E-state index is 11.9. The average molecular weight is 267 g/mol. The zero-order valence-electron chi connectivity index (χ0n) is 9.77. The Bertz CT molecular complexity index is 526. The van der Waals surface area contributed by atoms with Crippen LogP contribution in [0.25, 0.3) is 0 Å². The lowest BCUT2D eigenvalue weighted by Crippen LogP contribution is -2.15. The van der Waals surface area contributed by atoms with E-state index in [1.807, 2.05) is 0 Å². The largest absolute Gasteiger partial charge is 0.435 e. The monoisotopic (exact) mass is 267 g/mol. The molecule has 0 bridgehead atoms. The number of carbonyl (C=O) groups is 1. The fourth-order valence-electron chi connectivity index (χ4n) is 1.48. The van der Waals surface area contributed by atoms with E-state index < -0.39 is 6.61 Å². The molecule has 0 aliphatic carbocycles. The number of carbonyl (C=O) groups excluding carboxylic acids is 1. The number of nitrogens with zero attached hydrogens (tertiary/aromatic N) is 1. The van der Waals surface area contributed by atoms with E-state index in [1.54, 1.807) is 18.3 Å². The molecule has 1 amide bonds. The quantitative estimate of drug-likeness (QED) is 0.872. The Morgan fingerprint density at radius 1 is 1.37 bits per heavy atom. The molecule has 2 aromatic rings. The van der Waals surface area contributed by atoms with Gasteiger partial charge in [0.15, 0.2) is 0 Å². The Balaban J connectivity index is 1.90. The van der Waals surface area contributed by atoms with Crippen LogP contribution in [0.2, 0.25) is 0 Å². The normalized spacial score (nSPS) is 10.5. The number of aromatic nitrogens is 2. The number of amides is 1. The molecule has 0 aliphatic rings. The third kappa shape index (κ3) is 4.06. The van der Waals surface area contributed by atoms with Gasteiger partial charge in [0, 0.05) is 12.4 Å². The van der Waals surface area contributed by atoms with Gasteiger partial charge in [0.25, 0.3) is 0 Å². The lowest BCUT2D eigenvalue weighted by Gasteiger charge is -2.05. The zero-order valence-corrected chi connectivity index (χ0v) is 9.77. The van der Waals surface area contributed by atoms with Crippen molar-refractivity contribution in [1.82, 2.24) is 9.97 Å². The van der Waals surface area contributed by atoms with E-state index >= 15 is 0 Å². The third-order valence-corrected chi connectivity index (χ3v) is 2.27. The molecule has 7 heteroatoms. The second-order valence-electron chi connectivity index (χ2n) is 3.69. The second kappa shape index (κ2) is 5.94. The van der Waals surface area contributed by atoms with Gasteiger partial charge in [0.1, 0.15) is 5.75 Å². The number of aromatic amines is 1. The molecule has 19 heavy (non-hydrogen) atoms. The predicted octanol–water partition coefficient (Wildman–Crippen LogP) is 2.19. The minimum Gasteiger partial charge on any atom is -0.435 e. The second-order valence-corrected chi connectivity index (χ2v) is 3.69. The van der Waals surface area contributed by atoms with Crippen molar-refractivity contribution in [2.24, 2.45) is 0 Å². The summed E-state index contributed by atoms with van der Waals surface area (Å²) in [6, 6.07) is 5.89. The number of nitrogens with one attached hydrogen (secondary N) is 2. The van der Waals surface area contributed by atoms with Gasteiger partial charge in [-0.1, -0.05) is 12.1 Å². The van der Waals surface area contributed by atoms with Crippen LogP contribution in [0.1, 0.15) is 5.56 Å². The van der Waals surface area contributed by atoms with Crippen LogP contribution >= 0.6 is 0 Å². The van der Waals surface area contributed by atoms with Gasteiger partial charge in [-0.05, 0) is 17.7 Å². The van der Waals surface area contributed by atoms with Gasteiger partial charge < -0.3 is 9.72 Å². The molecular weight excluding hydrogens is 256 g/mol. The number of hydrogen-bond acceptors (Lipinski definition) is 3. The van der Waals surface area contributed by atoms with Crippen LogP contribution in [-0.4, -0.2) is 22.5 Å². The Morgan fingerprint density at radius 2 is 2.11 bits per heavy atom. The van der Waals surface area contributed by atoms with E-state index in [2.05, 4.69) is 20.0 Å². The summed E-state index contributed by atoms with van der Waals surface area (Å²) < 4.78 is 28.1. The van der Waals surface area contributed by atoms with Crippen molar-refractivity contribution in [2.45, 2.75) is 13.0 Å². The highest BCUT2D eigenvalue weighted by atomic mass is 19.3. The van der Waals surface area contributed by atoms with E-state index in [0.29, 0.717) is 11.5 Å². The first-order valence-electron chi connectivity index (χ1n) is 5.46. The molecule has 1 heterocycles. The summed E-state index contributed by atoms with van der Waals surface area (Å²) in [5.41, 5.74) is 0.686. The summed E-state index contributed by atoms with van der Waals surface area (Å²) >= 11 is 0. The van der Waals surface area contributed by atoms with Crippen molar-refractivity contribution in [3.8, 4) is 5.75 Å². The van der Waals surface area contributed by atoms with Gasteiger partial charge in [0.2, 0.25) is 11.9 Å². The topological polar surface area (TPSA) is 67.0 Å².